The van der Waals surface area contributed by atoms with Crippen molar-refractivity contribution >= 4 is 23.2 Å². The van der Waals surface area contributed by atoms with Gasteiger partial charge in [-0.3, -0.25) is 9.59 Å². The van der Waals surface area contributed by atoms with Crippen LogP contribution in [-0.4, -0.2) is 23.9 Å². The lowest BCUT2D eigenvalue weighted by Crippen LogP contribution is -2.47. The minimum absolute atomic E-state index is 0.0115. The van der Waals surface area contributed by atoms with E-state index in [-0.39, 0.29) is 23.9 Å². The Kier molecular flexibility index (Phi) is 4.21. The fourth-order valence-corrected chi connectivity index (χ4v) is 2.54. The average Bonchev–Trinajstić information content (AvgIpc) is 2.47. The monoisotopic (exact) mass is 289 g/mol. The fourth-order valence-electron chi connectivity index (χ4n) is 2.54. The fraction of sp³-hybridized carbons (Fsp3) is 0.500. The van der Waals surface area contributed by atoms with Gasteiger partial charge in [0.2, 0.25) is 11.8 Å². The number of nitrogens with zero attached hydrogens (tertiary/aromatic N) is 1. The van der Waals surface area contributed by atoms with Crippen molar-refractivity contribution < 1.29 is 9.59 Å². The maximum Gasteiger partial charge on any atom is 0.240 e. The van der Waals surface area contributed by atoms with Crippen LogP contribution >= 0.6 is 0 Å². The van der Waals surface area contributed by atoms with Crippen LogP contribution in [0.15, 0.2) is 18.2 Å². The number of nitrogens with one attached hydrogen (secondary N) is 1. The van der Waals surface area contributed by atoms with E-state index in [1.807, 2.05) is 32.9 Å². The summed E-state index contributed by atoms with van der Waals surface area (Å²) in [5, 5.41) is 2.89. The van der Waals surface area contributed by atoms with Crippen LogP contribution in [0.3, 0.4) is 0 Å². The quantitative estimate of drug-likeness (QED) is 0.816. The number of fused-ring (bicyclic) bond motifs is 1. The zero-order chi connectivity index (χ0) is 15.6. The number of rotatable bonds is 2. The van der Waals surface area contributed by atoms with Crippen molar-refractivity contribution in [1.82, 2.24) is 5.32 Å². The molecule has 0 spiro atoms. The van der Waals surface area contributed by atoms with Crippen molar-refractivity contribution in [3.8, 4) is 0 Å². The molecule has 1 aromatic rings. The first-order chi connectivity index (χ1) is 9.76. The van der Waals surface area contributed by atoms with E-state index in [4.69, 9.17) is 5.73 Å². The van der Waals surface area contributed by atoms with E-state index < -0.39 is 0 Å². The SMILES string of the molecule is CC(C)(C)NC(=O)CN1C(=O)CCCc2cc(N)ccc21. The van der Waals surface area contributed by atoms with Gasteiger partial charge in [0.25, 0.3) is 0 Å². The van der Waals surface area contributed by atoms with Crippen LogP contribution in [0.1, 0.15) is 39.2 Å². The molecule has 0 aromatic heterocycles. The predicted octanol–water partition coefficient (Wildman–Crippen LogP) is 1.85. The third-order valence-corrected chi connectivity index (χ3v) is 3.35. The normalized spacial score (nSPS) is 15.4. The number of nitrogen functional groups attached to an aromatic ring is 1. The van der Waals surface area contributed by atoms with Crippen molar-refractivity contribution in [2.45, 2.75) is 45.6 Å². The minimum atomic E-state index is -0.310. The highest BCUT2D eigenvalue weighted by molar-refractivity contribution is 6.00. The number of benzene rings is 1. The predicted molar refractivity (Wildman–Crippen MR) is 84.0 cm³/mol. The molecular weight excluding hydrogens is 266 g/mol. The van der Waals surface area contributed by atoms with E-state index >= 15 is 0 Å². The Bertz CT molecular complexity index is 561. The Morgan fingerprint density at radius 2 is 2.05 bits per heavy atom. The van der Waals surface area contributed by atoms with Gasteiger partial charge in [-0.15, -0.1) is 0 Å². The van der Waals surface area contributed by atoms with Gasteiger partial charge in [-0.05, 0) is 57.4 Å². The van der Waals surface area contributed by atoms with E-state index in [9.17, 15) is 9.59 Å². The molecule has 3 N–H and O–H groups in total. The lowest BCUT2D eigenvalue weighted by Gasteiger charge is -2.26. The van der Waals surface area contributed by atoms with Crippen molar-refractivity contribution in [2.75, 3.05) is 17.2 Å². The molecule has 21 heavy (non-hydrogen) atoms. The van der Waals surface area contributed by atoms with Gasteiger partial charge in [-0.2, -0.15) is 0 Å². The summed E-state index contributed by atoms with van der Waals surface area (Å²) in [6.45, 7) is 5.81. The topological polar surface area (TPSA) is 75.4 Å². The molecule has 1 aromatic carbocycles. The molecule has 114 valence electrons. The molecule has 0 fully saturated rings. The van der Waals surface area contributed by atoms with Crippen molar-refractivity contribution in [3.63, 3.8) is 0 Å². The lowest BCUT2D eigenvalue weighted by molar-refractivity contribution is -0.124. The van der Waals surface area contributed by atoms with Gasteiger partial charge in [0.15, 0.2) is 0 Å². The Labute approximate surface area is 125 Å². The van der Waals surface area contributed by atoms with Gasteiger partial charge < -0.3 is 16.0 Å². The van der Waals surface area contributed by atoms with Crippen molar-refractivity contribution in [2.24, 2.45) is 0 Å². The molecule has 0 radical (unpaired) electrons. The van der Waals surface area contributed by atoms with Gasteiger partial charge in [0, 0.05) is 23.3 Å². The Morgan fingerprint density at radius 1 is 1.33 bits per heavy atom. The van der Waals surface area contributed by atoms with Crippen LogP contribution < -0.4 is 16.0 Å². The highest BCUT2D eigenvalue weighted by Gasteiger charge is 2.25. The van der Waals surface area contributed by atoms with Gasteiger partial charge >= 0.3 is 0 Å². The molecule has 2 amide bonds. The smallest absolute Gasteiger partial charge is 0.240 e. The van der Waals surface area contributed by atoms with E-state index in [1.54, 1.807) is 11.0 Å². The first-order valence-electron chi connectivity index (χ1n) is 7.26. The number of anilines is 2. The highest BCUT2D eigenvalue weighted by Crippen LogP contribution is 2.28. The Balaban J connectivity index is 2.25. The van der Waals surface area contributed by atoms with Crippen molar-refractivity contribution in [1.29, 1.82) is 0 Å². The van der Waals surface area contributed by atoms with Gasteiger partial charge in [-0.25, -0.2) is 0 Å². The van der Waals surface area contributed by atoms with E-state index in [1.165, 1.54) is 0 Å². The largest absolute Gasteiger partial charge is 0.399 e. The second kappa shape index (κ2) is 5.76. The first kappa shape index (κ1) is 15.4. The molecular formula is C16H23N3O2. The molecule has 0 saturated carbocycles. The number of hydrogen-bond acceptors (Lipinski definition) is 3. The summed E-state index contributed by atoms with van der Waals surface area (Å²) in [6, 6.07) is 5.49. The third-order valence-electron chi connectivity index (χ3n) is 3.35. The third kappa shape index (κ3) is 3.97. The van der Waals surface area contributed by atoms with Gasteiger partial charge in [-0.1, -0.05) is 0 Å². The van der Waals surface area contributed by atoms with Crippen LogP contribution in [0.4, 0.5) is 11.4 Å². The average molecular weight is 289 g/mol. The standard InChI is InChI=1S/C16H23N3O2/c1-16(2,3)18-14(20)10-19-13-8-7-12(17)9-11(13)5-4-6-15(19)21/h7-9H,4-6,10,17H2,1-3H3,(H,18,20). The van der Waals surface area contributed by atoms with E-state index in [0.717, 1.165) is 24.1 Å². The molecule has 1 aliphatic heterocycles. The second-order valence-electron chi connectivity index (χ2n) is 6.52. The summed E-state index contributed by atoms with van der Waals surface area (Å²) in [4.78, 5) is 26.0. The zero-order valence-electron chi connectivity index (χ0n) is 12.9. The molecule has 1 aliphatic rings. The number of hydrogen-bond donors (Lipinski definition) is 2. The van der Waals surface area contributed by atoms with E-state index in [0.29, 0.717) is 12.1 Å². The molecule has 0 saturated heterocycles. The lowest BCUT2D eigenvalue weighted by atomic mass is 10.1. The number of amides is 2. The molecule has 5 heteroatoms. The highest BCUT2D eigenvalue weighted by atomic mass is 16.2. The second-order valence-corrected chi connectivity index (χ2v) is 6.52. The van der Waals surface area contributed by atoms with Crippen LogP contribution in [0, 0.1) is 0 Å². The summed E-state index contributed by atoms with van der Waals surface area (Å²) in [6.07, 6.45) is 2.05. The molecule has 2 rings (SSSR count). The van der Waals surface area contributed by atoms with Crippen LogP contribution in [0.2, 0.25) is 0 Å². The number of aryl methyl sites for hydroxylation is 1. The molecule has 1 heterocycles. The van der Waals surface area contributed by atoms with E-state index in [2.05, 4.69) is 5.32 Å². The number of carbonyl (C=O) groups is 2. The van der Waals surface area contributed by atoms with Gasteiger partial charge in [0.05, 0.1) is 0 Å². The number of nitrogens with two attached hydrogens (primary N) is 1. The van der Waals surface area contributed by atoms with Crippen LogP contribution in [0.5, 0.6) is 0 Å². The van der Waals surface area contributed by atoms with Crippen molar-refractivity contribution in [3.05, 3.63) is 23.8 Å². The molecule has 5 nitrogen and oxygen atoms in total. The Morgan fingerprint density at radius 3 is 2.71 bits per heavy atom. The summed E-state index contributed by atoms with van der Waals surface area (Å²) in [5.74, 6) is -0.164. The first-order valence-corrected chi connectivity index (χ1v) is 7.26. The summed E-state index contributed by atoms with van der Waals surface area (Å²) >= 11 is 0. The summed E-state index contributed by atoms with van der Waals surface area (Å²) < 4.78 is 0. The molecule has 0 bridgehead atoms. The Hall–Kier alpha value is -2.04. The van der Waals surface area contributed by atoms with Crippen LogP contribution in [0.25, 0.3) is 0 Å². The summed E-state index contributed by atoms with van der Waals surface area (Å²) in [7, 11) is 0. The molecule has 0 atom stereocenters. The maximum atomic E-state index is 12.3. The zero-order valence-corrected chi connectivity index (χ0v) is 12.9. The minimum Gasteiger partial charge on any atom is -0.399 e. The molecule has 0 unspecified atom stereocenters. The molecule has 0 aliphatic carbocycles. The number of carbonyl (C=O) groups excluding carboxylic acids is 2. The van der Waals surface area contributed by atoms with Crippen LogP contribution in [-0.2, 0) is 16.0 Å². The maximum absolute atomic E-state index is 12.3. The summed E-state index contributed by atoms with van der Waals surface area (Å²) in [5.41, 5.74) is 8.02. The van der Waals surface area contributed by atoms with Gasteiger partial charge in [0.1, 0.15) is 6.54 Å².